The minimum atomic E-state index is 0.315. The highest BCUT2D eigenvalue weighted by atomic mass is 15.3. The van der Waals surface area contributed by atoms with Crippen LogP contribution in [0, 0.1) is 6.92 Å². The monoisotopic (exact) mass is 367 g/mol. The van der Waals surface area contributed by atoms with Crippen molar-refractivity contribution >= 4 is 11.8 Å². The summed E-state index contributed by atoms with van der Waals surface area (Å²) >= 11 is 0. The Balaban J connectivity index is 1.53. The van der Waals surface area contributed by atoms with Gasteiger partial charge in [-0.05, 0) is 19.8 Å². The molecule has 3 aromatic rings. The first-order valence-electron chi connectivity index (χ1n) is 9.26. The summed E-state index contributed by atoms with van der Waals surface area (Å²) in [6, 6.07) is 1.95. The van der Waals surface area contributed by atoms with Gasteiger partial charge in [0.1, 0.15) is 11.6 Å². The van der Waals surface area contributed by atoms with E-state index in [1.165, 1.54) is 0 Å². The van der Waals surface area contributed by atoms with Crippen LogP contribution in [0.1, 0.15) is 36.1 Å². The molecule has 0 unspecified atom stereocenters. The maximum Gasteiger partial charge on any atom is 0.227 e. The molecule has 1 N–H and O–H groups in total. The van der Waals surface area contributed by atoms with Crippen LogP contribution in [0.15, 0.2) is 24.8 Å². The maximum atomic E-state index is 4.63. The van der Waals surface area contributed by atoms with Crippen LogP contribution in [-0.2, 0) is 13.6 Å². The number of hydrogen-bond acceptors (Lipinski definition) is 7. The van der Waals surface area contributed by atoms with Crippen molar-refractivity contribution in [2.45, 2.75) is 32.2 Å². The molecule has 9 nitrogen and oxygen atoms in total. The normalized spacial score (nSPS) is 17.3. The first kappa shape index (κ1) is 17.4. The quantitative estimate of drug-likeness (QED) is 0.732. The van der Waals surface area contributed by atoms with E-state index in [9.17, 15) is 0 Å². The molecular weight excluding hydrogens is 342 g/mol. The maximum absolute atomic E-state index is 4.63. The Morgan fingerprint density at radius 2 is 2.15 bits per heavy atom. The van der Waals surface area contributed by atoms with Crippen molar-refractivity contribution in [3.05, 3.63) is 42.1 Å². The molecular formula is C18H25N9. The molecule has 1 aliphatic heterocycles. The van der Waals surface area contributed by atoms with Crippen LogP contribution in [0.25, 0.3) is 0 Å². The minimum Gasteiger partial charge on any atom is -0.373 e. The summed E-state index contributed by atoms with van der Waals surface area (Å²) in [6.45, 7) is 4.48. The summed E-state index contributed by atoms with van der Waals surface area (Å²) in [5.74, 6) is 3.90. The summed E-state index contributed by atoms with van der Waals surface area (Å²) in [5.41, 5.74) is 0.966. The van der Waals surface area contributed by atoms with Crippen LogP contribution in [0.3, 0.4) is 0 Å². The molecule has 0 aromatic carbocycles. The largest absolute Gasteiger partial charge is 0.373 e. The van der Waals surface area contributed by atoms with Crippen molar-refractivity contribution in [3.63, 3.8) is 0 Å². The fourth-order valence-corrected chi connectivity index (χ4v) is 3.60. The zero-order valence-corrected chi connectivity index (χ0v) is 16.0. The molecule has 27 heavy (non-hydrogen) atoms. The lowest BCUT2D eigenvalue weighted by Crippen LogP contribution is -2.36. The van der Waals surface area contributed by atoms with E-state index >= 15 is 0 Å². The van der Waals surface area contributed by atoms with E-state index in [0.717, 1.165) is 55.0 Å². The number of piperidine rings is 1. The molecule has 142 valence electrons. The zero-order chi connectivity index (χ0) is 18.8. The van der Waals surface area contributed by atoms with Gasteiger partial charge in [0.2, 0.25) is 5.95 Å². The molecule has 1 atom stereocenters. The summed E-state index contributed by atoms with van der Waals surface area (Å²) in [7, 11) is 3.93. The van der Waals surface area contributed by atoms with Gasteiger partial charge in [-0.25, -0.2) is 9.97 Å². The van der Waals surface area contributed by atoms with Crippen LogP contribution >= 0.6 is 0 Å². The van der Waals surface area contributed by atoms with E-state index < -0.39 is 0 Å². The predicted octanol–water partition coefficient (Wildman–Crippen LogP) is 1.58. The van der Waals surface area contributed by atoms with Gasteiger partial charge < -0.3 is 19.4 Å². The molecule has 3 aromatic heterocycles. The van der Waals surface area contributed by atoms with Crippen LogP contribution in [-0.4, -0.2) is 54.4 Å². The Labute approximate surface area is 158 Å². The smallest absolute Gasteiger partial charge is 0.227 e. The van der Waals surface area contributed by atoms with Crippen molar-refractivity contribution in [1.82, 2.24) is 34.3 Å². The molecule has 0 amide bonds. The van der Waals surface area contributed by atoms with E-state index in [2.05, 4.69) is 39.9 Å². The third-order valence-electron chi connectivity index (χ3n) is 5.05. The lowest BCUT2D eigenvalue weighted by Gasteiger charge is -2.32. The van der Waals surface area contributed by atoms with E-state index in [1.54, 1.807) is 12.5 Å². The van der Waals surface area contributed by atoms with Gasteiger partial charge in [-0.3, -0.25) is 0 Å². The molecule has 0 aliphatic carbocycles. The SMILES string of the molecule is CNc1cc(C)nc(N2CCC[C@@H](c3nnc(Cn4ccnc4)n3C)C2)n1. The third kappa shape index (κ3) is 3.62. The first-order valence-corrected chi connectivity index (χ1v) is 9.26. The second kappa shape index (κ2) is 7.34. The van der Waals surface area contributed by atoms with Crippen LogP contribution < -0.4 is 10.2 Å². The lowest BCUT2D eigenvalue weighted by atomic mass is 9.97. The van der Waals surface area contributed by atoms with Gasteiger partial charge in [0.25, 0.3) is 0 Å². The molecule has 4 rings (SSSR count). The number of aromatic nitrogens is 7. The first-order chi connectivity index (χ1) is 13.1. The fourth-order valence-electron chi connectivity index (χ4n) is 3.60. The fraction of sp³-hybridized carbons (Fsp3) is 0.500. The number of aryl methyl sites for hydroxylation is 1. The van der Waals surface area contributed by atoms with Gasteiger partial charge >= 0.3 is 0 Å². The standard InChI is InChI=1S/C18H25N9/c1-13-9-15(19-2)22-18(21-13)27-7-4-5-14(10-27)17-24-23-16(25(17)3)11-26-8-6-20-12-26/h6,8-9,12,14H,4-5,7,10-11H2,1-3H3,(H,19,21,22)/t14-/m1/s1. The van der Waals surface area contributed by atoms with Crippen molar-refractivity contribution in [3.8, 4) is 0 Å². The highest BCUT2D eigenvalue weighted by Gasteiger charge is 2.27. The zero-order valence-electron chi connectivity index (χ0n) is 16.0. The van der Waals surface area contributed by atoms with E-state index in [0.29, 0.717) is 12.5 Å². The molecule has 0 spiro atoms. The molecule has 1 fully saturated rings. The third-order valence-corrected chi connectivity index (χ3v) is 5.05. The van der Waals surface area contributed by atoms with E-state index in [-0.39, 0.29) is 0 Å². The Kier molecular flexibility index (Phi) is 4.74. The van der Waals surface area contributed by atoms with Crippen molar-refractivity contribution in [2.24, 2.45) is 7.05 Å². The average molecular weight is 367 g/mol. The van der Waals surface area contributed by atoms with Crippen molar-refractivity contribution in [2.75, 3.05) is 30.4 Å². The Hall–Kier alpha value is -2.97. The Bertz CT molecular complexity index is 900. The summed E-state index contributed by atoms with van der Waals surface area (Å²) in [6.07, 6.45) is 7.69. The molecule has 4 heterocycles. The second-order valence-electron chi connectivity index (χ2n) is 7.00. The van der Waals surface area contributed by atoms with Gasteiger partial charge in [-0.2, -0.15) is 4.98 Å². The van der Waals surface area contributed by atoms with E-state index in [1.807, 2.05) is 37.8 Å². The van der Waals surface area contributed by atoms with Crippen molar-refractivity contribution < 1.29 is 0 Å². The van der Waals surface area contributed by atoms with Gasteiger partial charge in [-0.1, -0.05) is 0 Å². The van der Waals surface area contributed by atoms with Gasteiger partial charge in [0.05, 0.1) is 12.9 Å². The van der Waals surface area contributed by atoms with Gasteiger partial charge in [-0.15, -0.1) is 10.2 Å². The number of imidazole rings is 1. The number of nitrogens with one attached hydrogen (secondary N) is 1. The van der Waals surface area contributed by atoms with Gasteiger partial charge in [0.15, 0.2) is 5.82 Å². The lowest BCUT2D eigenvalue weighted by molar-refractivity contribution is 0.473. The summed E-state index contributed by atoms with van der Waals surface area (Å²) in [5, 5.41) is 12.0. The summed E-state index contributed by atoms with van der Waals surface area (Å²) < 4.78 is 4.12. The minimum absolute atomic E-state index is 0.315. The van der Waals surface area contributed by atoms with E-state index in [4.69, 9.17) is 0 Å². The Morgan fingerprint density at radius 3 is 2.93 bits per heavy atom. The highest BCUT2D eigenvalue weighted by molar-refractivity contribution is 5.43. The molecule has 0 saturated carbocycles. The number of rotatable bonds is 5. The van der Waals surface area contributed by atoms with Crippen molar-refractivity contribution in [1.29, 1.82) is 0 Å². The van der Waals surface area contributed by atoms with Crippen LogP contribution in [0.4, 0.5) is 11.8 Å². The predicted molar refractivity (Wildman–Crippen MR) is 103 cm³/mol. The highest BCUT2D eigenvalue weighted by Crippen LogP contribution is 2.28. The molecule has 1 saturated heterocycles. The van der Waals surface area contributed by atoms with Crippen LogP contribution in [0.5, 0.6) is 0 Å². The second-order valence-corrected chi connectivity index (χ2v) is 7.00. The Morgan fingerprint density at radius 1 is 1.26 bits per heavy atom. The number of hydrogen-bond donors (Lipinski definition) is 1. The van der Waals surface area contributed by atoms with Gasteiger partial charge in [0, 0.05) is 57.3 Å². The summed E-state index contributed by atoms with van der Waals surface area (Å²) in [4.78, 5) is 15.6. The molecule has 1 aliphatic rings. The number of anilines is 2. The topological polar surface area (TPSA) is 89.6 Å². The molecule has 0 bridgehead atoms. The molecule has 9 heteroatoms. The average Bonchev–Trinajstić information content (AvgIpc) is 3.32. The van der Waals surface area contributed by atoms with Crippen LogP contribution in [0.2, 0.25) is 0 Å². The molecule has 0 radical (unpaired) electrons. The number of nitrogens with zero attached hydrogens (tertiary/aromatic N) is 8.